The minimum absolute atomic E-state index is 0.127. The minimum atomic E-state index is -0.654. The summed E-state index contributed by atoms with van der Waals surface area (Å²) in [6.07, 6.45) is 1.43. The molecule has 126 valence electrons. The van der Waals surface area contributed by atoms with E-state index < -0.39 is 11.7 Å². The van der Waals surface area contributed by atoms with E-state index in [0.717, 1.165) is 10.6 Å². The number of fused-ring (bicyclic) bond motifs is 1. The molecule has 3 rings (SSSR count). The summed E-state index contributed by atoms with van der Waals surface area (Å²) in [6.45, 7) is 5.55. The second-order valence-corrected chi connectivity index (χ2v) is 6.81. The van der Waals surface area contributed by atoms with Gasteiger partial charge in [-0.1, -0.05) is 0 Å². The Hall–Kier alpha value is -2.41. The maximum absolute atomic E-state index is 12.6. The van der Waals surface area contributed by atoms with Gasteiger partial charge in [-0.05, 0) is 44.5 Å². The lowest BCUT2D eigenvalue weighted by Crippen LogP contribution is -2.44. The number of halogens is 1. The third-order valence-corrected chi connectivity index (χ3v) is 3.66. The number of hydrogen-bond acceptors (Lipinski definition) is 5. The molecule has 2 aromatic rings. The highest BCUT2D eigenvalue weighted by molar-refractivity contribution is 6.28. The van der Waals surface area contributed by atoms with Crippen molar-refractivity contribution in [1.82, 2.24) is 19.9 Å². The number of carbonyl (C=O) groups excluding carboxylic acids is 2. The van der Waals surface area contributed by atoms with E-state index in [1.165, 1.54) is 0 Å². The standard InChI is InChI=1S/C16H17ClN4O3/c1-16(2,3)24-15(23)21-7-5-10-9(13(21)22)8-12(19-10)11-4-6-18-14(17)20-11/h4,6,8,19H,5,7H2,1-3H3. The van der Waals surface area contributed by atoms with Crippen LogP contribution in [0.1, 0.15) is 36.8 Å². The van der Waals surface area contributed by atoms with E-state index in [1.54, 1.807) is 39.1 Å². The first-order chi connectivity index (χ1) is 11.2. The Morgan fingerprint density at radius 2 is 2.17 bits per heavy atom. The molecule has 0 fully saturated rings. The molecule has 0 saturated heterocycles. The zero-order chi connectivity index (χ0) is 17.5. The fraction of sp³-hybridized carbons (Fsp3) is 0.375. The lowest BCUT2D eigenvalue weighted by Gasteiger charge is -2.28. The highest BCUT2D eigenvalue weighted by Crippen LogP contribution is 2.26. The Morgan fingerprint density at radius 1 is 1.42 bits per heavy atom. The number of hydrogen-bond donors (Lipinski definition) is 1. The third-order valence-electron chi connectivity index (χ3n) is 3.48. The summed E-state index contributed by atoms with van der Waals surface area (Å²) in [5, 5.41) is 0.127. The average Bonchev–Trinajstić information content (AvgIpc) is 2.90. The number of aromatic amines is 1. The number of nitrogens with one attached hydrogen (secondary N) is 1. The number of carbonyl (C=O) groups is 2. The van der Waals surface area contributed by atoms with Crippen molar-refractivity contribution in [3.63, 3.8) is 0 Å². The van der Waals surface area contributed by atoms with Gasteiger partial charge in [-0.15, -0.1) is 0 Å². The molecule has 2 aromatic heterocycles. The molecule has 0 aromatic carbocycles. The number of aromatic nitrogens is 3. The van der Waals surface area contributed by atoms with Gasteiger partial charge in [0.05, 0.1) is 17.0 Å². The number of amides is 2. The van der Waals surface area contributed by atoms with E-state index in [4.69, 9.17) is 16.3 Å². The summed E-state index contributed by atoms with van der Waals surface area (Å²) in [5.74, 6) is -0.381. The van der Waals surface area contributed by atoms with Crippen LogP contribution in [0.3, 0.4) is 0 Å². The number of H-pyrrole nitrogens is 1. The van der Waals surface area contributed by atoms with Gasteiger partial charge in [0.15, 0.2) is 0 Å². The molecule has 0 unspecified atom stereocenters. The van der Waals surface area contributed by atoms with Gasteiger partial charge in [-0.2, -0.15) is 0 Å². The smallest absolute Gasteiger partial charge is 0.417 e. The van der Waals surface area contributed by atoms with Crippen molar-refractivity contribution in [1.29, 1.82) is 0 Å². The normalized spacial score (nSPS) is 14.5. The second-order valence-electron chi connectivity index (χ2n) is 6.47. The van der Waals surface area contributed by atoms with Crippen molar-refractivity contribution < 1.29 is 14.3 Å². The number of nitrogens with zero attached hydrogens (tertiary/aromatic N) is 3. The molecule has 8 heteroatoms. The van der Waals surface area contributed by atoms with Gasteiger partial charge in [0, 0.05) is 24.9 Å². The predicted octanol–water partition coefficient (Wildman–Crippen LogP) is 3.06. The number of imide groups is 1. The zero-order valence-corrected chi connectivity index (χ0v) is 14.3. The van der Waals surface area contributed by atoms with Crippen molar-refractivity contribution in [2.45, 2.75) is 32.8 Å². The van der Waals surface area contributed by atoms with Gasteiger partial charge in [0.2, 0.25) is 5.28 Å². The zero-order valence-electron chi connectivity index (χ0n) is 13.6. The van der Waals surface area contributed by atoms with Crippen molar-refractivity contribution in [2.75, 3.05) is 6.54 Å². The summed E-state index contributed by atoms with van der Waals surface area (Å²) in [6, 6.07) is 3.37. The Bertz CT molecular complexity index is 810. The van der Waals surface area contributed by atoms with Gasteiger partial charge in [0.1, 0.15) is 5.60 Å². The average molecular weight is 349 g/mol. The van der Waals surface area contributed by atoms with E-state index >= 15 is 0 Å². The highest BCUT2D eigenvalue weighted by atomic mass is 35.5. The van der Waals surface area contributed by atoms with Gasteiger partial charge in [-0.3, -0.25) is 4.79 Å². The molecule has 3 heterocycles. The lowest BCUT2D eigenvalue weighted by atomic mass is 10.1. The Balaban J connectivity index is 1.87. The monoisotopic (exact) mass is 348 g/mol. The first-order valence-corrected chi connectivity index (χ1v) is 7.88. The van der Waals surface area contributed by atoms with E-state index in [-0.39, 0.29) is 17.7 Å². The van der Waals surface area contributed by atoms with Crippen LogP contribution in [0.5, 0.6) is 0 Å². The molecule has 1 aliphatic rings. The first-order valence-electron chi connectivity index (χ1n) is 7.50. The Kier molecular flexibility index (Phi) is 4.04. The summed E-state index contributed by atoms with van der Waals surface area (Å²) in [7, 11) is 0. The molecule has 2 amide bonds. The van der Waals surface area contributed by atoms with E-state index in [1.807, 2.05) is 0 Å². The molecule has 7 nitrogen and oxygen atoms in total. The fourth-order valence-electron chi connectivity index (χ4n) is 2.47. The van der Waals surface area contributed by atoms with Crippen LogP contribution in [0.4, 0.5) is 4.79 Å². The molecule has 0 aliphatic carbocycles. The van der Waals surface area contributed by atoms with Crippen molar-refractivity contribution in [2.24, 2.45) is 0 Å². The van der Waals surface area contributed by atoms with Gasteiger partial charge < -0.3 is 9.72 Å². The summed E-state index contributed by atoms with van der Waals surface area (Å²) >= 11 is 5.80. The summed E-state index contributed by atoms with van der Waals surface area (Å²) in [5.41, 5.74) is 1.80. The molecule has 1 N–H and O–H groups in total. The molecule has 1 aliphatic heterocycles. The quantitative estimate of drug-likeness (QED) is 0.800. The van der Waals surface area contributed by atoms with Crippen LogP contribution in [-0.4, -0.2) is 44.0 Å². The van der Waals surface area contributed by atoms with Crippen molar-refractivity contribution in [3.8, 4) is 11.4 Å². The number of ether oxygens (including phenoxy) is 1. The molecule has 24 heavy (non-hydrogen) atoms. The molecule has 0 radical (unpaired) electrons. The fourth-order valence-corrected chi connectivity index (χ4v) is 2.62. The van der Waals surface area contributed by atoms with Gasteiger partial charge >= 0.3 is 6.09 Å². The van der Waals surface area contributed by atoms with E-state index in [0.29, 0.717) is 23.4 Å². The molecular formula is C16H17ClN4O3. The van der Waals surface area contributed by atoms with Gasteiger partial charge in [-0.25, -0.2) is 19.7 Å². The maximum atomic E-state index is 12.6. The maximum Gasteiger partial charge on any atom is 0.417 e. The van der Waals surface area contributed by atoms with E-state index in [9.17, 15) is 9.59 Å². The molecule has 0 saturated carbocycles. The largest absolute Gasteiger partial charge is 0.443 e. The minimum Gasteiger partial charge on any atom is -0.443 e. The topological polar surface area (TPSA) is 88.2 Å². The van der Waals surface area contributed by atoms with Crippen LogP contribution in [0.25, 0.3) is 11.4 Å². The second kappa shape index (κ2) is 5.90. The molecule has 0 spiro atoms. The summed E-state index contributed by atoms with van der Waals surface area (Å²) < 4.78 is 5.29. The van der Waals surface area contributed by atoms with Crippen LogP contribution in [0, 0.1) is 0 Å². The van der Waals surface area contributed by atoms with Crippen molar-refractivity contribution in [3.05, 3.63) is 34.9 Å². The van der Waals surface area contributed by atoms with Crippen molar-refractivity contribution >= 4 is 23.6 Å². The van der Waals surface area contributed by atoms with E-state index in [2.05, 4.69) is 15.0 Å². The number of rotatable bonds is 1. The van der Waals surface area contributed by atoms with Gasteiger partial charge in [0.25, 0.3) is 5.91 Å². The highest BCUT2D eigenvalue weighted by Gasteiger charge is 2.33. The molecular weight excluding hydrogens is 332 g/mol. The van der Waals surface area contributed by atoms with Crippen LogP contribution in [-0.2, 0) is 11.2 Å². The van der Waals surface area contributed by atoms with Crippen LogP contribution in [0.15, 0.2) is 18.3 Å². The molecule has 0 bridgehead atoms. The first kappa shape index (κ1) is 16.4. The Labute approximate surface area is 144 Å². The van der Waals surface area contributed by atoms with Crippen LogP contribution >= 0.6 is 11.6 Å². The lowest BCUT2D eigenvalue weighted by molar-refractivity contribution is 0.0233. The SMILES string of the molecule is CC(C)(C)OC(=O)N1CCc2[nH]c(-c3ccnc(Cl)n3)cc2C1=O. The molecule has 0 atom stereocenters. The summed E-state index contributed by atoms with van der Waals surface area (Å²) in [4.78, 5) is 37.0. The Morgan fingerprint density at radius 3 is 2.83 bits per heavy atom. The predicted molar refractivity (Wildman–Crippen MR) is 87.8 cm³/mol. The van der Waals surface area contributed by atoms with Crippen LogP contribution in [0.2, 0.25) is 5.28 Å². The van der Waals surface area contributed by atoms with Crippen LogP contribution < -0.4 is 0 Å². The third kappa shape index (κ3) is 3.26.